The van der Waals surface area contributed by atoms with Gasteiger partial charge >= 0.3 is 5.97 Å². The Labute approximate surface area is 156 Å². The number of rotatable bonds is 2. The number of cyclic esters (lactones) is 1. The first-order chi connectivity index (χ1) is 12.6. The second-order valence-corrected chi connectivity index (χ2v) is 8.75. The highest BCUT2D eigenvalue weighted by atomic mass is 32.1. The smallest absolute Gasteiger partial charge is 0.313 e. The third kappa shape index (κ3) is 2.37. The number of allylic oxidation sites excluding steroid dienone is 1. The highest BCUT2D eigenvalue weighted by Gasteiger charge is 2.54. The van der Waals surface area contributed by atoms with E-state index >= 15 is 0 Å². The van der Waals surface area contributed by atoms with E-state index in [1.807, 2.05) is 31.2 Å². The summed E-state index contributed by atoms with van der Waals surface area (Å²) in [5.41, 5.74) is 2.17. The third-order valence-electron chi connectivity index (χ3n) is 6.29. The van der Waals surface area contributed by atoms with E-state index in [4.69, 9.17) is 4.74 Å². The molecule has 1 saturated carbocycles. The molecule has 5 atom stereocenters. The van der Waals surface area contributed by atoms with Crippen molar-refractivity contribution in [3.63, 3.8) is 0 Å². The molecule has 134 valence electrons. The molecule has 0 amide bonds. The first kappa shape index (κ1) is 16.2. The number of fused-ring (bicyclic) bond motifs is 3. The first-order valence-corrected chi connectivity index (χ1v) is 10.3. The van der Waals surface area contributed by atoms with Crippen LogP contribution < -0.4 is 0 Å². The molecule has 1 aromatic carbocycles. The molecule has 2 heterocycles. The number of thiazole rings is 1. The largest absolute Gasteiger partial charge is 0.462 e. The van der Waals surface area contributed by atoms with Gasteiger partial charge in [-0.1, -0.05) is 30.2 Å². The van der Waals surface area contributed by atoms with Crippen LogP contribution >= 0.6 is 11.3 Å². The molecule has 2 aliphatic carbocycles. The summed E-state index contributed by atoms with van der Waals surface area (Å²) < 4.78 is 6.57. The van der Waals surface area contributed by atoms with E-state index in [1.54, 1.807) is 0 Å². The number of benzene rings is 1. The van der Waals surface area contributed by atoms with Crippen LogP contribution in [0.4, 0.5) is 0 Å². The van der Waals surface area contributed by atoms with E-state index in [0.29, 0.717) is 5.01 Å². The van der Waals surface area contributed by atoms with Crippen molar-refractivity contribution >= 4 is 33.3 Å². The number of ether oxygens (including phenoxy) is 1. The summed E-state index contributed by atoms with van der Waals surface area (Å²) in [4.78, 5) is 30.5. The molecule has 1 aliphatic heterocycles. The van der Waals surface area contributed by atoms with E-state index in [0.717, 1.165) is 35.9 Å². The standard InChI is InChI=1S/C21H21NO3S/c1-11-17-14(21(24)25-11)10-12-6-2-3-7-13(12)18(17)19(23)20-22-15-8-4-5-9-16(15)26-20/h4-5,8-11,13-14,17-18H,2-3,6-7H2,1H3/t11-,13-,14-,17-,18+/m1/s1. The number of nitrogens with zero attached hydrogens (tertiary/aromatic N) is 1. The molecule has 26 heavy (non-hydrogen) atoms. The summed E-state index contributed by atoms with van der Waals surface area (Å²) in [6, 6.07) is 7.87. The van der Waals surface area contributed by atoms with Gasteiger partial charge in [0.2, 0.25) is 0 Å². The molecule has 0 unspecified atom stereocenters. The zero-order valence-electron chi connectivity index (χ0n) is 14.7. The van der Waals surface area contributed by atoms with Crippen molar-refractivity contribution < 1.29 is 14.3 Å². The highest BCUT2D eigenvalue weighted by Crippen LogP contribution is 2.51. The van der Waals surface area contributed by atoms with Crippen molar-refractivity contribution in [3.05, 3.63) is 40.9 Å². The van der Waals surface area contributed by atoms with Crippen LogP contribution in [0.2, 0.25) is 0 Å². The summed E-state index contributed by atoms with van der Waals surface area (Å²) in [5, 5.41) is 0.577. The Morgan fingerprint density at radius 2 is 2.12 bits per heavy atom. The van der Waals surface area contributed by atoms with Crippen LogP contribution in [-0.2, 0) is 9.53 Å². The minimum Gasteiger partial charge on any atom is -0.462 e. The van der Waals surface area contributed by atoms with Crippen LogP contribution in [-0.4, -0.2) is 22.8 Å². The molecule has 0 spiro atoms. The van der Waals surface area contributed by atoms with Crippen LogP contribution in [0, 0.1) is 23.7 Å². The van der Waals surface area contributed by atoms with E-state index < -0.39 is 0 Å². The van der Waals surface area contributed by atoms with Gasteiger partial charge in [0.1, 0.15) is 6.10 Å². The summed E-state index contributed by atoms with van der Waals surface area (Å²) in [6.07, 6.45) is 6.23. The van der Waals surface area contributed by atoms with Gasteiger partial charge in [-0.3, -0.25) is 9.59 Å². The van der Waals surface area contributed by atoms with Crippen molar-refractivity contribution in [2.24, 2.45) is 23.7 Å². The molecular formula is C21H21NO3S. The van der Waals surface area contributed by atoms with E-state index in [1.165, 1.54) is 16.9 Å². The molecule has 5 heteroatoms. The molecule has 1 aromatic heterocycles. The first-order valence-electron chi connectivity index (χ1n) is 9.44. The molecule has 0 radical (unpaired) electrons. The minimum absolute atomic E-state index is 0.0612. The van der Waals surface area contributed by atoms with Crippen molar-refractivity contribution in [1.29, 1.82) is 0 Å². The summed E-state index contributed by atoms with van der Waals surface area (Å²) in [7, 11) is 0. The predicted molar refractivity (Wildman–Crippen MR) is 100 cm³/mol. The Balaban J connectivity index is 1.59. The van der Waals surface area contributed by atoms with Gasteiger partial charge in [0.25, 0.3) is 0 Å². The van der Waals surface area contributed by atoms with Gasteiger partial charge in [0.15, 0.2) is 10.8 Å². The monoisotopic (exact) mass is 367 g/mol. The highest BCUT2D eigenvalue weighted by molar-refractivity contribution is 7.20. The topological polar surface area (TPSA) is 56.3 Å². The Hall–Kier alpha value is -2.01. The molecule has 1 saturated heterocycles. The van der Waals surface area contributed by atoms with Gasteiger partial charge in [-0.05, 0) is 44.2 Å². The van der Waals surface area contributed by atoms with E-state index in [2.05, 4.69) is 11.1 Å². The fraction of sp³-hybridized carbons (Fsp3) is 0.476. The number of Topliss-reactive ketones (excluding diaryl/α,β-unsaturated/α-hetero) is 1. The Morgan fingerprint density at radius 3 is 2.96 bits per heavy atom. The van der Waals surface area contributed by atoms with Crippen molar-refractivity contribution in [2.45, 2.75) is 38.7 Å². The van der Waals surface area contributed by atoms with Crippen LogP contribution in [0.5, 0.6) is 0 Å². The zero-order valence-corrected chi connectivity index (χ0v) is 15.5. The zero-order chi connectivity index (χ0) is 17.8. The van der Waals surface area contributed by atoms with Gasteiger partial charge in [-0.2, -0.15) is 0 Å². The van der Waals surface area contributed by atoms with Crippen LogP contribution in [0.25, 0.3) is 10.2 Å². The number of aromatic nitrogens is 1. The summed E-state index contributed by atoms with van der Waals surface area (Å²) in [6.45, 7) is 1.93. The molecule has 4 nitrogen and oxygen atoms in total. The average molecular weight is 367 g/mol. The second kappa shape index (κ2) is 6.02. The lowest BCUT2D eigenvalue weighted by molar-refractivity contribution is -0.142. The molecule has 0 N–H and O–H groups in total. The normalized spacial score (nSPS) is 33.3. The molecule has 2 aromatic rings. The van der Waals surface area contributed by atoms with Gasteiger partial charge in [-0.15, -0.1) is 11.3 Å². The molecular weight excluding hydrogens is 346 g/mol. The quantitative estimate of drug-likeness (QED) is 0.448. The number of hydrogen-bond acceptors (Lipinski definition) is 5. The lowest BCUT2D eigenvalue weighted by atomic mass is 9.61. The van der Waals surface area contributed by atoms with Gasteiger partial charge in [-0.25, -0.2) is 4.98 Å². The van der Waals surface area contributed by atoms with Crippen molar-refractivity contribution in [2.75, 3.05) is 0 Å². The van der Waals surface area contributed by atoms with Gasteiger partial charge in [0.05, 0.1) is 16.1 Å². The Bertz CT molecular complexity index is 897. The Kier molecular flexibility index (Phi) is 3.74. The van der Waals surface area contributed by atoms with Crippen LogP contribution in [0.15, 0.2) is 35.9 Å². The third-order valence-corrected chi connectivity index (χ3v) is 7.34. The van der Waals surface area contributed by atoms with Gasteiger partial charge < -0.3 is 4.74 Å². The number of esters is 1. The van der Waals surface area contributed by atoms with Gasteiger partial charge in [0, 0.05) is 11.8 Å². The SMILES string of the molecule is C[C@H]1OC(=O)[C@@H]2C=C3CCCC[C@H]3[C@H](C(=O)c3nc4ccccc4s3)[C@H]12. The number of ketones is 1. The lowest BCUT2D eigenvalue weighted by Crippen LogP contribution is -2.42. The Morgan fingerprint density at radius 1 is 1.27 bits per heavy atom. The predicted octanol–water partition coefficient (Wildman–Crippen LogP) is 4.40. The maximum atomic E-state index is 13.6. The molecule has 5 rings (SSSR count). The second-order valence-electron chi connectivity index (χ2n) is 7.72. The number of hydrogen-bond donors (Lipinski definition) is 0. The molecule has 2 fully saturated rings. The molecule has 3 aliphatic rings. The lowest BCUT2D eigenvalue weighted by Gasteiger charge is -2.40. The van der Waals surface area contributed by atoms with Crippen LogP contribution in [0.3, 0.4) is 0 Å². The van der Waals surface area contributed by atoms with Crippen LogP contribution in [0.1, 0.15) is 42.4 Å². The average Bonchev–Trinajstić information content (AvgIpc) is 3.21. The van der Waals surface area contributed by atoms with E-state index in [-0.39, 0.29) is 41.5 Å². The van der Waals surface area contributed by atoms with Crippen molar-refractivity contribution in [1.82, 2.24) is 4.98 Å². The van der Waals surface area contributed by atoms with E-state index in [9.17, 15) is 9.59 Å². The fourth-order valence-corrected chi connectivity index (χ4v) is 6.10. The number of carbonyl (C=O) groups excluding carboxylic acids is 2. The maximum absolute atomic E-state index is 13.6. The number of carbonyl (C=O) groups is 2. The minimum atomic E-state index is -0.266. The number of para-hydroxylation sites is 1. The maximum Gasteiger partial charge on any atom is 0.313 e. The molecule has 0 bridgehead atoms. The summed E-state index contributed by atoms with van der Waals surface area (Å²) in [5.74, 6) is -0.347. The fourth-order valence-electron chi connectivity index (χ4n) is 5.14. The summed E-state index contributed by atoms with van der Waals surface area (Å²) >= 11 is 1.47. The van der Waals surface area contributed by atoms with Crippen molar-refractivity contribution in [3.8, 4) is 0 Å².